The van der Waals surface area contributed by atoms with Gasteiger partial charge in [0.2, 0.25) is 0 Å². The highest BCUT2D eigenvalue weighted by atomic mass is 35.5. The summed E-state index contributed by atoms with van der Waals surface area (Å²) in [7, 11) is 0. The molecule has 0 heterocycles. The molecule has 0 saturated carbocycles. The Labute approximate surface area is 208 Å². The van der Waals surface area contributed by atoms with Crippen molar-refractivity contribution in [3.63, 3.8) is 0 Å². The van der Waals surface area contributed by atoms with E-state index in [9.17, 15) is 0 Å². The molecule has 0 amide bonds. The number of hydrogen-bond donors (Lipinski definition) is 0. The van der Waals surface area contributed by atoms with E-state index in [1.807, 2.05) is 0 Å². The predicted molar refractivity (Wildman–Crippen MR) is 146 cm³/mol. The van der Waals surface area contributed by atoms with Crippen LogP contribution in [0.3, 0.4) is 0 Å². The van der Waals surface area contributed by atoms with Crippen molar-refractivity contribution >= 4 is 28.7 Å². The van der Waals surface area contributed by atoms with E-state index < -0.39 is 0 Å². The Morgan fingerprint density at radius 3 is 1.74 bits per heavy atom. The van der Waals surface area contributed by atoms with Crippen LogP contribution in [-0.2, 0) is 0 Å². The summed E-state index contributed by atoms with van der Waals surface area (Å²) < 4.78 is 0. The molecule has 2 aliphatic carbocycles. The molecule has 172 valence electrons. The van der Waals surface area contributed by atoms with Gasteiger partial charge in [0.15, 0.2) is 0 Å². The maximum Gasteiger partial charge on any atom is 0.0974 e. The molecule has 1 unspecified atom stereocenters. The molecule has 0 spiro atoms. The first-order valence-electron chi connectivity index (χ1n) is 12.3. The van der Waals surface area contributed by atoms with Crippen LogP contribution in [0, 0.1) is 0 Å². The lowest BCUT2D eigenvalue weighted by Gasteiger charge is -2.25. The topological polar surface area (TPSA) is 24.7 Å². The van der Waals surface area contributed by atoms with Gasteiger partial charge < -0.3 is 0 Å². The van der Waals surface area contributed by atoms with E-state index in [1.54, 1.807) is 0 Å². The highest BCUT2D eigenvalue weighted by Gasteiger charge is 2.29. The summed E-state index contributed by atoms with van der Waals surface area (Å²) in [5, 5.41) is 0.841. The Hall–Kier alpha value is -2.97. The predicted octanol–water partition coefficient (Wildman–Crippen LogP) is 8.81. The largest absolute Gasteiger partial charge is 0.273 e. The van der Waals surface area contributed by atoms with Crippen LogP contribution in [0.1, 0.15) is 74.6 Å². The number of hydrogen-bond acceptors (Lipinski definition) is 2. The van der Waals surface area contributed by atoms with Crippen molar-refractivity contribution in [1.82, 2.24) is 0 Å². The van der Waals surface area contributed by atoms with Gasteiger partial charge in [0.25, 0.3) is 0 Å². The fourth-order valence-electron chi connectivity index (χ4n) is 5.04. The number of rotatable bonds is 4. The zero-order valence-corrected chi connectivity index (χ0v) is 21.1. The molecule has 2 aliphatic rings. The number of para-hydroxylation sites is 1. The minimum absolute atomic E-state index is 0.00917. The third kappa shape index (κ3) is 4.05. The van der Waals surface area contributed by atoms with Crippen LogP contribution < -0.4 is 0 Å². The maximum absolute atomic E-state index is 6.58. The molecule has 0 aliphatic heterocycles. The summed E-state index contributed by atoms with van der Waals surface area (Å²) in [6.45, 7) is 8.97. The summed E-state index contributed by atoms with van der Waals surface area (Å²) in [4.78, 5) is 10.7. The second-order valence-corrected chi connectivity index (χ2v) is 10.2. The maximum atomic E-state index is 6.58. The summed E-state index contributed by atoms with van der Waals surface area (Å²) in [6, 6.07) is 23.7. The van der Waals surface area contributed by atoms with Gasteiger partial charge in [-0.25, -0.2) is 4.99 Å². The van der Waals surface area contributed by atoms with Gasteiger partial charge in [-0.2, -0.15) is 0 Å². The van der Waals surface area contributed by atoms with Gasteiger partial charge in [-0.3, -0.25) is 4.99 Å². The average molecular weight is 467 g/mol. The van der Waals surface area contributed by atoms with Crippen molar-refractivity contribution in [3.8, 4) is 11.1 Å². The molecule has 0 fully saturated rings. The number of nitrogens with zero attached hydrogens (tertiary/aromatic N) is 2. The molecule has 0 N–H and O–H groups in total. The van der Waals surface area contributed by atoms with E-state index in [-0.39, 0.29) is 6.04 Å². The molecule has 0 saturated heterocycles. The van der Waals surface area contributed by atoms with Gasteiger partial charge in [0, 0.05) is 16.2 Å². The van der Waals surface area contributed by atoms with E-state index in [4.69, 9.17) is 21.6 Å². The van der Waals surface area contributed by atoms with Crippen LogP contribution in [-0.4, -0.2) is 17.5 Å². The van der Waals surface area contributed by atoms with Crippen molar-refractivity contribution in [3.05, 3.63) is 100 Å². The minimum Gasteiger partial charge on any atom is -0.273 e. The first-order chi connectivity index (χ1) is 16.5. The molecule has 0 aromatic heterocycles. The van der Waals surface area contributed by atoms with Gasteiger partial charge in [-0.15, -0.1) is 0 Å². The standard InChI is InChI=1S/C31H31ClN2/c1-19(2)21-15-9-16-22(20(3)4)29(21)34-31-26-14-8-6-12-24(26)23-11-5-7-13-25(23)30(31)33-28-18-10-17-27(28)32/h5-9,11-17,19-20,28H,10,18H2,1-4H3/b33-30+,34-31+. The van der Waals surface area contributed by atoms with Gasteiger partial charge in [-0.05, 0) is 46.9 Å². The van der Waals surface area contributed by atoms with E-state index >= 15 is 0 Å². The Kier molecular flexibility index (Phi) is 6.27. The van der Waals surface area contributed by atoms with Crippen LogP contribution in [0.25, 0.3) is 11.1 Å². The summed E-state index contributed by atoms with van der Waals surface area (Å²) in [5.74, 6) is 0.744. The quantitative estimate of drug-likeness (QED) is 0.367. The second-order valence-electron chi connectivity index (χ2n) is 9.81. The summed E-state index contributed by atoms with van der Waals surface area (Å²) in [5.41, 5.74) is 10.2. The van der Waals surface area contributed by atoms with Crippen LogP contribution in [0.2, 0.25) is 0 Å². The van der Waals surface area contributed by atoms with Crippen molar-refractivity contribution < 1.29 is 0 Å². The van der Waals surface area contributed by atoms with Gasteiger partial charge >= 0.3 is 0 Å². The number of aliphatic imine (C=N–C) groups is 2. The molecule has 1 atom stereocenters. The number of benzene rings is 3. The van der Waals surface area contributed by atoms with E-state index in [0.29, 0.717) is 11.8 Å². The molecule has 2 nitrogen and oxygen atoms in total. The van der Waals surface area contributed by atoms with Crippen molar-refractivity contribution in [2.75, 3.05) is 0 Å². The Bertz CT molecular complexity index is 1300. The SMILES string of the molecule is CC(C)c1cccc(C(C)C)c1/N=C1/C(=N/C2CCC=C2Cl)c2ccccc2-c2ccccc21. The third-order valence-corrected chi connectivity index (χ3v) is 7.23. The van der Waals surface area contributed by atoms with Crippen molar-refractivity contribution in [2.45, 2.75) is 58.4 Å². The van der Waals surface area contributed by atoms with Crippen LogP contribution in [0.15, 0.2) is 87.8 Å². The Morgan fingerprint density at radius 1 is 0.706 bits per heavy atom. The molecule has 3 heteroatoms. The van der Waals surface area contributed by atoms with E-state index in [0.717, 1.165) is 46.1 Å². The zero-order chi connectivity index (χ0) is 23.8. The average Bonchev–Trinajstić information content (AvgIpc) is 3.25. The van der Waals surface area contributed by atoms with Crippen LogP contribution in [0.4, 0.5) is 5.69 Å². The monoisotopic (exact) mass is 466 g/mol. The third-order valence-electron chi connectivity index (χ3n) is 6.83. The lowest BCUT2D eigenvalue weighted by atomic mass is 9.82. The Balaban J connectivity index is 1.83. The van der Waals surface area contributed by atoms with Gasteiger partial charge in [-0.1, -0.05) is 112 Å². The summed E-state index contributed by atoms with van der Waals surface area (Å²) in [6.07, 6.45) is 4.01. The summed E-state index contributed by atoms with van der Waals surface area (Å²) >= 11 is 6.58. The molecule has 3 aromatic carbocycles. The van der Waals surface area contributed by atoms with Gasteiger partial charge in [0.1, 0.15) is 0 Å². The number of halogens is 1. The first-order valence-corrected chi connectivity index (χ1v) is 12.7. The van der Waals surface area contributed by atoms with Crippen molar-refractivity contribution in [2.24, 2.45) is 9.98 Å². The molecule has 34 heavy (non-hydrogen) atoms. The molecule has 3 aromatic rings. The Morgan fingerprint density at radius 2 is 1.24 bits per heavy atom. The molecule has 5 rings (SSSR count). The fraction of sp³-hybridized carbons (Fsp3) is 0.290. The number of fused-ring (bicyclic) bond motifs is 3. The lowest BCUT2D eigenvalue weighted by molar-refractivity contribution is 0.776. The molecular formula is C31H31ClN2. The second kappa shape index (κ2) is 9.35. The fourth-order valence-corrected chi connectivity index (χ4v) is 5.30. The highest BCUT2D eigenvalue weighted by Crippen LogP contribution is 2.39. The minimum atomic E-state index is -0.00917. The smallest absolute Gasteiger partial charge is 0.0974 e. The lowest BCUT2D eigenvalue weighted by Crippen LogP contribution is -2.25. The van der Waals surface area contributed by atoms with E-state index in [1.165, 1.54) is 22.3 Å². The number of allylic oxidation sites excluding steroid dienone is 1. The van der Waals surface area contributed by atoms with E-state index in [2.05, 4.69) is 101 Å². The highest BCUT2D eigenvalue weighted by molar-refractivity contribution is 6.57. The normalized spacial score (nSPS) is 19.6. The first kappa shape index (κ1) is 22.8. The van der Waals surface area contributed by atoms with Crippen LogP contribution in [0.5, 0.6) is 0 Å². The molecular weight excluding hydrogens is 436 g/mol. The molecule has 0 radical (unpaired) electrons. The van der Waals surface area contributed by atoms with Crippen molar-refractivity contribution in [1.29, 1.82) is 0 Å². The van der Waals surface area contributed by atoms with Crippen LogP contribution >= 0.6 is 11.6 Å². The molecule has 0 bridgehead atoms. The zero-order valence-electron chi connectivity index (χ0n) is 20.3. The van der Waals surface area contributed by atoms with Gasteiger partial charge in [0.05, 0.1) is 23.2 Å².